The molecule has 1 aromatic carbocycles. The van der Waals surface area contributed by atoms with E-state index in [9.17, 15) is 14.5 Å². The second-order valence-corrected chi connectivity index (χ2v) is 4.43. The van der Waals surface area contributed by atoms with Crippen LogP contribution in [0.1, 0.15) is 6.92 Å². The van der Waals surface area contributed by atoms with Gasteiger partial charge in [-0.1, -0.05) is 11.6 Å². The summed E-state index contributed by atoms with van der Waals surface area (Å²) < 4.78 is 13.3. The minimum absolute atomic E-state index is 0.0485. The van der Waals surface area contributed by atoms with Crippen LogP contribution in [0, 0.1) is 15.9 Å². The summed E-state index contributed by atoms with van der Waals surface area (Å²) in [6.45, 7) is 2.24. The lowest BCUT2D eigenvalue weighted by molar-refractivity contribution is -0.383. The third kappa shape index (κ3) is 3.54. The van der Waals surface area contributed by atoms with Gasteiger partial charge < -0.3 is 10.6 Å². The first-order valence-corrected chi connectivity index (χ1v) is 6.35. The summed E-state index contributed by atoms with van der Waals surface area (Å²) in [6, 6.07) is 3.72. The molecule has 0 saturated carbocycles. The largest absolute Gasteiger partial charge is 0.364 e. The van der Waals surface area contributed by atoms with Crippen LogP contribution in [0.25, 0.3) is 0 Å². The van der Waals surface area contributed by atoms with Crippen molar-refractivity contribution >= 4 is 34.6 Å². The van der Waals surface area contributed by atoms with Crippen LogP contribution in [-0.2, 0) is 0 Å². The fourth-order valence-electron chi connectivity index (χ4n) is 1.70. The quantitative estimate of drug-likeness (QED) is 0.649. The highest BCUT2D eigenvalue weighted by molar-refractivity contribution is 6.30. The maximum atomic E-state index is 13.3. The van der Waals surface area contributed by atoms with Gasteiger partial charge in [-0.2, -0.15) is 0 Å². The molecule has 0 amide bonds. The molecule has 0 spiro atoms. The second kappa shape index (κ2) is 6.31. The van der Waals surface area contributed by atoms with E-state index in [1.807, 2.05) is 0 Å². The molecule has 2 N–H and O–H groups in total. The molecule has 0 radical (unpaired) electrons. The zero-order chi connectivity index (χ0) is 15.4. The third-order valence-electron chi connectivity index (χ3n) is 2.47. The molecule has 1 heterocycles. The molecule has 0 fully saturated rings. The van der Waals surface area contributed by atoms with Crippen LogP contribution in [0.4, 0.5) is 27.4 Å². The Bertz CT molecular complexity index is 662. The Labute approximate surface area is 124 Å². The summed E-state index contributed by atoms with van der Waals surface area (Å²) >= 11 is 5.74. The normalized spacial score (nSPS) is 10.2. The molecule has 0 aliphatic rings. The van der Waals surface area contributed by atoms with Gasteiger partial charge in [0.05, 0.1) is 4.92 Å². The highest BCUT2D eigenvalue weighted by Gasteiger charge is 2.22. The molecule has 0 aliphatic carbocycles. The third-order valence-corrected chi connectivity index (χ3v) is 2.69. The van der Waals surface area contributed by atoms with E-state index in [0.29, 0.717) is 6.54 Å². The van der Waals surface area contributed by atoms with Crippen molar-refractivity contribution in [2.24, 2.45) is 0 Å². The molecule has 2 rings (SSSR count). The van der Waals surface area contributed by atoms with Gasteiger partial charge in [0.1, 0.15) is 12.1 Å². The smallest absolute Gasteiger partial charge is 0.353 e. The molecule has 0 aliphatic heterocycles. The number of nitrogens with one attached hydrogen (secondary N) is 2. The van der Waals surface area contributed by atoms with E-state index in [0.717, 1.165) is 12.1 Å². The molecule has 9 heteroatoms. The zero-order valence-corrected chi connectivity index (χ0v) is 11.7. The number of rotatable bonds is 5. The number of benzene rings is 1. The van der Waals surface area contributed by atoms with Gasteiger partial charge in [-0.15, -0.1) is 0 Å². The highest BCUT2D eigenvalue weighted by Crippen LogP contribution is 2.31. The van der Waals surface area contributed by atoms with Gasteiger partial charge in [0.15, 0.2) is 0 Å². The van der Waals surface area contributed by atoms with Crippen molar-refractivity contribution in [3.8, 4) is 0 Å². The van der Waals surface area contributed by atoms with Crippen molar-refractivity contribution < 1.29 is 9.31 Å². The van der Waals surface area contributed by atoms with E-state index < -0.39 is 10.7 Å². The molecule has 1 aromatic heterocycles. The Balaban J connectivity index is 2.43. The van der Waals surface area contributed by atoms with E-state index in [1.54, 1.807) is 6.92 Å². The molecule has 0 saturated heterocycles. The van der Waals surface area contributed by atoms with Gasteiger partial charge in [0, 0.05) is 17.3 Å². The van der Waals surface area contributed by atoms with Crippen molar-refractivity contribution in [3.63, 3.8) is 0 Å². The predicted octanol–water partition coefficient (Wildman–Crippen LogP) is 3.35. The molecule has 0 unspecified atom stereocenters. The number of nitro groups is 1. The van der Waals surface area contributed by atoms with Crippen molar-refractivity contribution in [2.45, 2.75) is 6.92 Å². The lowest BCUT2D eigenvalue weighted by Gasteiger charge is -2.09. The van der Waals surface area contributed by atoms with E-state index in [4.69, 9.17) is 11.6 Å². The maximum absolute atomic E-state index is 13.3. The number of halogens is 2. The van der Waals surface area contributed by atoms with Crippen molar-refractivity contribution in [3.05, 3.63) is 45.5 Å². The van der Waals surface area contributed by atoms with Crippen LogP contribution in [-0.4, -0.2) is 21.4 Å². The molecule has 0 atom stereocenters. The van der Waals surface area contributed by atoms with Gasteiger partial charge in [-0.05, 0) is 25.1 Å². The van der Waals surface area contributed by atoms with Crippen molar-refractivity contribution in [1.29, 1.82) is 0 Å². The average molecular weight is 312 g/mol. The molecule has 0 bridgehead atoms. The lowest BCUT2D eigenvalue weighted by Crippen LogP contribution is -2.07. The van der Waals surface area contributed by atoms with Gasteiger partial charge in [0.2, 0.25) is 11.6 Å². The van der Waals surface area contributed by atoms with E-state index >= 15 is 0 Å². The van der Waals surface area contributed by atoms with Crippen LogP contribution in [0.2, 0.25) is 5.02 Å². The summed E-state index contributed by atoms with van der Waals surface area (Å²) in [4.78, 5) is 18.2. The van der Waals surface area contributed by atoms with Crippen LogP contribution in [0.5, 0.6) is 0 Å². The Hall–Kier alpha value is -2.48. The first-order chi connectivity index (χ1) is 10.0. The Morgan fingerprint density at radius 1 is 1.33 bits per heavy atom. The van der Waals surface area contributed by atoms with Gasteiger partial charge in [-0.3, -0.25) is 10.1 Å². The van der Waals surface area contributed by atoms with Crippen molar-refractivity contribution in [2.75, 3.05) is 17.2 Å². The fourth-order valence-corrected chi connectivity index (χ4v) is 1.92. The Morgan fingerprint density at radius 2 is 2.05 bits per heavy atom. The Kier molecular flexibility index (Phi) is 4.49. The van der Waals surface area contributed by atoms with Crippen LogP contribution in [0.15, 0.2) is 24.5 Å². The first-order valence-electron chi connectivity index (χ1n) is 5.97. The number of aromatic nitrogens is 2. The molecule has 2 aromatic rings. The van der Waals surface area contributed by atoms with Gasteiger partial charge in [0.25, 0.3) is 0 Å². The average Bonchev–Trinajstić information content (AvgIpc) is 2.37. The minimum Gasteiger partial charge on any atom is -0.364 e. The van der Waals surface area contributed by atoms with E-state index in [-0.39, 0.29) is 28.0 Å². The second-order valence-electron chi connectivity index (χ2n) is 3.99. The van der Waals surface area contributed by atoms with E-state index in [1.165, 1.54) is 12.4 Å². The van der Waals surface area contributed by atoms with E-state index in [2.05, 4.69) is 20.6 Å². The monoisotopic (exact) mass is 311 g/mol. The van der Waals surface area contributed by atoms with Crippen LogP contribution in [0.3, 0.4) is 0 Å². The topological polar surface area (TPSA) is 93.0 Å². The summed E-state index contributed by atoms with van der Waals surface area (Å²) in [6.07, 6.45) is 1.17. The highest BCUT2D eigenvalue weighted by atomic mass is 35.5. The fraction of sp³-hybridized carbons (Fsp3) is 0.167. The number of hydrogen-bond acceptors (Lipinski definition) is 6. The molecule has 110 valence electrons. The number of anilines is 3. The standard InChI is InChI=1S/C12H11ClFN5O2/c1-2-15-11-10(19(20)21)12(17-6-16-11)18-9-4-7(13)3-8(14)5-9/h3-6H,2H2,1H3,(H2,15,16,17,18). The minimum atomic E-state index is -0.610. The number of nitrogens with zero attached hydrogens (tertiary/aromatic N) is 3. The predicted molar refractivity (Wildman–Crippen MR) is 77.5 cm³/mol. The van der Waals surface area contributed by atoms with Crippen molar-refractivity contribution in [1.82, 2.24) is 9.97 Å². The number of hydrogen-bond donors (Lipinski definition) is 2. The van der Waals surface area contributed by atoms with Gasteiger partial charge >= 0.3 is 5.69 Å². The lowest BCUT2D eigenvalue weighted by atomic mass is 10.3. The van der Waals surface area contributed by atoms with Gasteiger partial charge in [-0.25, -0.2) is 14.4 Å². The maximum Gasteiger partial charge on any atom is 0.353 e. The molecule has 21 heavy (non-hydrogen) atoms. The van der Waals surface area contributed by atoms with Crippen LogP contribution < -0.4 is 10.6 Å². The molecular formula is C12H11ClFN5O2. The summed E-state index contributed by atoms with van der Waals surface area (Å²) in [5.41, 5.74) is -0.0658. The molecular weight excluding hydrogens is 301 g/mol. The summed E-state index contributed by atoms with van der Waals surface area (Å²) in [7, 11) is 0. The zero-order valence-electron chi connectivity index (χ0n) is 10.9. The summed E-state index contributed by atoms with van der Waals surface area (Å²) in [5, 5.41) is 16.8. The Morgan fingerprint density at radius 3 is 2.67 bits per heavy atom. The SMILES string of the molecule is CCNc1ncnc(Nc2cc(F)cc(Cl)c2)c1[N+](=O)[O-]. The van der Waals surface area contributed by atoms with Crippen LogP contribution >= 0.6 is 11.6 Å². The first kappa shape index (κ1) is 14.9. The molecule has 7 nitrogen and oxygen atoms in total. The summed E-state index contributed by atoms with van der Waals surface area (Å²) in [5.74, 6) is -0.524.